The fourth-order valence-electron chi connectivity index (χ4n) is 0.732. The second-order valence-corrected chi connectivity index (χ2v) is 4.17. The highest BCUT2D eigenvalue weighted by atomic mass is 32.2. The van der Waals surface area contributed by atoms with E-state index < -0.39 is 10.1 Å². The molecule has 0 bridgehead atoms. The molecule has 0 aromatic heterocycles. The van der Waals surface area contributed by atoms with Crippen molar-refractivity contribution in [2.45, 2.75) is 32.2 Å². The van der Waals surface area contributed by atoms with Crippen LogP contribution in [-0.2, 0) is 10.1 Å². The summed E-state index contributed by atoms with van der Waals surface area (Å²) in [4.78, 5) is 0. The third kappa shape index (κ3) is 7.77. The summed E-state index contributed by atoms with van der Waals surface area (Å²) in [5.41, 5.74) is 5.53. The first kappa shape index (κ1) is 10.9. The lowest BCUT2D eigenvalue weighted by Crippen LogP contribution is -2.19. The molecule has 0 heterocycles. The van der Waals surface area contributed by atoms with Gasteiger partial charge in [-0.3, -0.25) is 4.55 Å². The van der Waals surface area contributed by atoms with Gasteiger partial charge in [0.2, 0.25) is 0 Å². The maximum Gasteiger partial charge on any atom is 0.264 e. The molecule has 0 amide bonds. The van der Waals surface area contributed by atoms with Crippen LogP contribution in [0.15, 0.2) is 0 Å². The Labute approximate surface area is 67.5 Å². The summed E-state index contributed by atoms with van der Waals surface area (Å²) in [7, 11) is -3.78. The minimum atomic E-state index is -3.78. The van der Waals surface area contributed by atoms with E-state index in [0.717, 1.165) is 6.42 Å². The zero-order chi connectivity index (χ0) is 8.91. The second kappa shape index (κ2) is 4.69. The van der Waals surface area contributed by atoms with Gasteiger partial charge in [0.1, 0.15) is 0 Å². The molecule has 0 aliphatic carbocycles. The molecule has 0 aromatic rings. The predicted octanol–water partition coefficient (Wildman–Crippen LogP) is 0.392. The maximum absolute atomic E-state index is 10.2. The zero-order valence-corrected chi connectivity index (χ0v) is 7.47. The predicted molar refractivity (Wildman–Crippen MR) is 43.9 cm³/mol. The van der Waals surface area contributed by atoms with Crippen molar-refractivity contribution >= 4 is 10.1 Å². The molecule has 0 spiro atoms. The fraction of sp³-hybridized carbons (Fsp3) is 1.00. The van der Waals surface area contributed by atoms with Crippen molar-refractivity contribution in [3.63, 3.8) is 0 Å². The molecule has 0 aliphatic rings. The molecule has 0 aliphatic heterocycles. The number of hydrogen-bond acceptors (Lipinski definition) is 3. The minimum Gasteiger partial charge on any atom is -0.328 e. The van der Waals surface area contributed by atoms with Crippen LogP contribution >= 0.6 is 0 Å². The second-order valence-electron chi connectivity index (χ2n) is 2.60. The summed E-state index contributed by atoms with van der Waals surface area (Å²) in [6, 6.07) is 0.0525. The van der Waals surface area contributed by atoms with Crippen LogP contribution in [0.2, 0.25) is 0 Å². The summed E-state index contributed by atoms with van der Waals surface area (Å²) < 4.78 is 28.8. The number of hydrogen-bond donors (Lipinski definition) is 2. The largest absolute Gasteiger partial charge is 0.328 e. The molecule has 0 saturated carbocycles. The summed E-state index contributed by atoms with van der Waals surface area (Å²) in [6.45, 7) is 1.94. The van der Waals surface area contributed by atoms with Crippen LogP contribution in [-0.4, -0.2) is 24.8 Å². The first-order valence-corrected chi connectivity index (χ1v) is 5.27. The van der Waals surface area contributed by atoms with Gasteiger partial charge in [-0.25, -0.2) is 0 Å². The van der Waals surface area contributed by atoms with Crippen molar-refractivity contribution in [1.29, 1.82) is 0 Å². The quantitative estimate of drug-likeness (QED) is 0.601. The Kier molecular flexibility index (Phi) is 4.63. The summed E-state index contributed by atoms with van der Waals surface area (Å²) in [6.07, 6.45) is 1.93. The average Bonchev–Trinajstić information content (AvgIpc) is 1.85. The Morgan fingerprint density at radius 1 is 1.55 bits per heavy atom. The van der Waals surface area contributed by atoms with Gasteiger partial charge < -0.3 is 5.73 Å². The highest BCUT2D eigenvalue weighted by molar-refractivity contribution is 7.85. The first-order valence-electron chi connectivity index (χ1n) is 3.66. The molecule has 68 valence electrons. The Balaban J connectivity index is 3.43. The Morgan fingerprint density at radius 3 is 2.45 bits per heavy atom. The highest BCUT2D eigenvalue weighted by Gasteiger charge is 2.05. The van der Waals surface area contributed by atoms with Crippen molar-refractivity contribution in [2.75, 3.05) is 5.75 Å². The lowest BCUT2D eigenvalue weighted by molar-refractivity contribution is 0.476. The monoisotopic (exact) mass is 181 g/mol. The molecule has 0 fully saturated rings. The summed E-state index contributed by atoms with van der Waals surface area (Å²) in [5, 5.41) is 0. The maximum atomic E-state index is 10.2. The molecule has 4 nitrogen and oxygen atoms in total. The van der Waals surface area contributed by atoms with E-state index in [-0.39, 0.29) is 11.8 Å². The molecule has 0 rings (SSSR count). The van der Waals surface area contributed by atoms with E-state index >= 15 is 0 Å². The molecular weight excluding hydrogens is 166 g/mol. The van der Waals surface area contributed by atoms with Crippen LogP contribution in [0.25, 0.3) is 0 Å². The van der Waals surface area contributed by atoms with Gasteiger partial charge in [-0.15, -0.1) is 0 Å². The molecule has 0 aromatic carbocycles. The molecule has 3 N–H and O–H groups in total. The van der Waals surface area contributed by atoms with Crippen LogP contribution < -0.4 is 5.73 Å². The topological polar surface area (TPSA) is 80.4 Å². The zero-order valence-electron chi connectivity index (χ0n) is 6.66. The summed E-state index contributed by atoms with van der Waals surface area (Å²) in [5.74, 6) is -0.180. The van der Waals surface area contributed by atoms with Crippen LogP contribution in [0, 0.1) is 0 Å². The van der Waals surface area contributed by atoms with E-state index in [1.165, 1.54) is 0 Å². The van der Waals surface area contributed by atoms with Crippen molar-refractivity contribution in [3.05, 3.63) is 0 Å². The Hall–Kier alpha value is -0.130. The lowest BCUT2D eigenvalue weighted by atomic mass is 10.1. The van der Waals surface area contributed by atoms with Crippen molar-refractivity contribution < 1.29 is 13.0 Å². The number of rotatable bonds is 5. The molecule has 1 unspecified atom stereocenters. The van der Waals surface area contributed by atoms with Gasteiger partial charge in [0.15, 0.2) is 0 Å². The van der Waals surface area contributed by atoms with E-state index in [0.29, 0.717) is 12.8 Å². The molecule has 11 heavy (non-hydrogen) atoms. The van der Waals surface area contributed by atoms with Gasteiger partial charge in [0.05, 0.1) is 5.75 Å². The van der Waals surface area contributed by atoms with Gasteiger partial charge in [0.25, 0.3) is 10.1 Å². The molecular formula is C6H15NO3S. The van der Waals surface area contributed by atoms with E-state index in [1.807, 2.05) is 6.92 Å². The highest BCUT2D eigenvalue weighted by Crippen LogP contribution is 1.99. The van der Waals surface area contributed by atoms with Crippen molar-refractivity contribution in [3.8, 4) is 0 Å². The van der Waals surface area contributed by atoms with Crippen LogP contribution in [0.1, 0.15) is 26.2 Å². The molecule has 5 heteroatoms. The smallest absolute Gasteiger partial charge is 0.264 e. The molecule has 0 saturated heterocycles. The normalized spacial score (nSPS) is 14.8. The van der Waals surface area contributed by atoms with Gasteiger partial charge >= 0.3 is 0 Å². The Bertz CT molecular complexity index is 188. The first-order chi connectivity index (χ1) is 4.95. The van der Waals surface area contributed by atoms with E-state index in [2.05, 4.69) is 0 Å². The van der Waals surface area contributed by atoms with Gasteiger partial charge in [-0.1, -0.05) is 6.92 Å². The molecule has 1 atom stereocenters. The average molecular weight is 181 g/mol. The third-order valence-corrected chi connectivity index (χ3v) is 2.31. The van der Waals surface area contributed by atoms with Gasteiger partial charge in [0, 0.05) is 6.04 Å². The number of nitrogens with two attached hydrogens (primary N) is 1. The third-order valence-electron chi connectivity index (χ3n) is 1.50. The van der Waals surface area contributed by atoms with E-state index in [4.69, 9.17) is 10.3 Å². The van der Waals surface area contributed by atoms with Crippen LogP contribution in [0.5, 0.6) is 0 Å². The minimum absolute atomic E-state index is 0.0525. The van der Waals surface area contributed by atoms with Crippen LogP contribution in [0.4, 0.5) is 0 Å². The van der Waals surface area contributed by atoms with Crippen molar-refractivity contribution in [1.82, 2.24) is 0 Å². The van der Waals surface area contributed by atoms with Crippen molar-refractivity contribution in [2.24, 2.45) is 5.73 Å². The van der Waals surface area contributed by atoms with E-state index in [1.54, 1.807) is 0 Å². The van der Waals surface area contributed by atoms with E-state index in [9.17, 15) is 8.42 Å². The Morgan fingerprint density at radius 2 is 2.09 bits per heavy atom. The lowest BCUT2D eigenvalue weighted by Gasteiger charge is -2.05. The summed E-state index contributed by atoms with van der Waals surface area (Å²) >= 11 is 0. The van der Waals surface area contributed by atoms with Crippen LogP contribution in [0.3, 0.4) is 0 Å². The SMILES string of the molecule is CCC(N)CCCS(=O)(=O)O. The molecule has 0 radical (unpaired) electrons. The van der Waals surface area contributed by atoms with Gasteiger partial charge in [-0.2, -0.15) is 8.42 Å². The van der Waals surface area contributed by atoms with Gasteiger partial charge in [-0.05, 0) is 19.3 Å². The fourth-order valence-corrected chi connectivity index (χ4v) is 1.26. The standard InChI is InChI=1S/C6H15NO3S/c1-2-6(7)4-3-5-11(8,9)10/h6H,2-5,7H2,1H3,(H,8,9,10).